The third kappa shape index (κ3) is 3.39. The van der Waals surface area contributed by atoms with Gasteiger partial charge in [-0.1, -0.05) is 28.1 Å². The Kier molecular flexibility index (Phi) is 4.45. The number of amides is 1. The van der Waals surface area contributed by atoms with Crippen LogP contribution < -0.4 is 11.1 Å². The highest BCUT2D eigenvalue weighted by molar-refractivity contribution is 9.10. The highest BCUT2D eigenvalue weighted by Crippen LogP contribution is 2.23. The lowest BCUT2D eigenvalue weighted by atomic mass is 9.99. The normalized spacial score (nSPS) is 11.9. The molecular weight excluding hydrogens is 316 g/mol. The van der Waals surface area contributed by atoms with E-state index >= 15 is 0 Å². The van der Waals surface area contributed by atoms with E-state index in [0.29, 0.717) is 5.69 Å². The number of hydrogen-bond donors (Lipinski definition) is 2. The molecule has 0 spiro atoms. The summed E-state index contributed by atoms with van der Waals surface area (Å²) in [5.41, 5.74) is 9.18. The summed E-state index contributed by atoms with van der Waals surface area (Å²) in [5.74, 6) is -0.289. The lowest BCUT2D eigenvalue weighted by molar-refractivity contribution is -0.117. The van der Waals surface area contributed by atoms with Gasteiger partial charge in [0, 0.05) is 15.8 Å². The SMILES string of the molecule is Cc1cc(Br)ccc1NC(=O)C(C)c1cccc(N)c1. The van der Waals surface area contributed by atoms with Crippen LogP contribution in [0.4, 0.5) is 11.4 Å². The molecule has 0 bridgehead atoms. The van der Waals surface area contributed by atoms with Gasteiger partial charge in [0.05, 0.1) is 5.92 Å². The first-order valence-corrected chi connectivity index (χ1v) is 7.19. The smallest absolute Gasteiger partial charge is 0.231 e. The van der Waals surface area contributed by atoms with Crippen molar-refractivity contribution in [2.75, 3.05) is 11.1 Å². The van der Waals surface area contributed by atoms with Crippen molar-refractivity contribution in [3.63, 3.8) is 0 Å². The van der Waals surface area contributed by atoms with E-state index < -0.39 is 0 Å². The van der Waals surface area contributed by atoms with Crippen LogP contribution in [0.3, 0.4) is 0 Å². The van der Waals surface area contributed by atoms with E-state index in [1.807, 2.05) is 56.3 Å². The summed E-state index contributed by atoms with van der Waals surface area (Å²) in [5, 5.41) is 2.95. The molecule has 3 nitrogen and oxygen atoms in total. The maximum Gasteiger partial charge on any atom is 0.231 e. The first kappa shape index (κ1) is 14.6. The van der Waals surface area contributed by atoms with Gasteiger partial charge in [-0.25, -0.2) is 0 Å². The van der Waals surface area contributed by atoms with Gasteiger partial charge < -0.3 is 11.1 Å². The Bertz CT molecular complexity index is 640. The molecular formula is C16H17BrN2O. The monoisotopic (exact) mass is 332 g/mol. The number of nitrogen functional groups attached to an aromatic ring is 1. The van der Waals surface area contributed by atoms with Crippen LogP contribution >= 0.6 is 15.9 Å². The van der Waals surface area contributed by atoms with Crippen molar-refractivity contribution in [1.29, 1.82) is 0 Å². The molecule has 0 saturated heterocycles. The van der Waals surface area contributed by atoms with Gasteiger partial charge in [0.2, 0.25) is 5.91 Å². The first-order valence-electron chi connectivity index (χ1n) is 6.40. The van der Waals surface area contributed by atoms with Crippen LogP contribution in [0.2, 0.25) is 0 Å². The largest absolute Gasteiger partial charge is 0.399 e. The predicted octanol–water partition coefficient (Wildman–Crippen LogP) is 4.08. The van der Waals surface area contributed by atoms with Gasteiger partial charge in [-0.2, -0.15) is 0 Å². The molecule has 20 heavy (non-hydrogen) atoms. The third-order valence-electron chi connectivity index (χ3n) is 3.25. The van der Waals surface area contributed by atoms with Crippen molar-refractivity contribution in [3.8, 4) is 0 Å². The second-order valence-electron chi connectivity index (χ2n) is 4.84. The van der Waals surface area contributed by atoms with Crippen molar-refractivity contribution in [2.24, 2.45) is 0 Å². The van der Waals surface area contributed by atoms with Crippen LogP contribution in [-0.4, -0.2) is 5.91 Å². The molecule has 2 aromatic carbocycles. The maximum absolute atomic E-state index is 12.3. The van der Waals surface area contributed by atoms with E-state index in [-0.39, 0.29) is 11.8 Å². The fraction of sp³-hybridized carbons (Fsp3) is 0.188. The lowest BCUT2D eigenvalue weighted by Gasteiger charge is -2.14. The lowest BCUT2D eigenvalue weighted by Crippen LogP contribution is -2.19. The summed E-state index contributed by atoms with van der Waals surface area (Å²) < 4.78 is 0.997. The number of benzene rings is 2. The summed E-state index contributed by atoms with van der Waals surface area (Å²) in [6.45, 7) is 3.84. The second-order valence-corrected chi connectivity index (χ2v) is 5.76. The van der Waals surface area contributed by atoms with Gasteiger partial charge in [-0.3, -0.25) is 4.79 Å². The van der Waals surface area contributed by atoms with Gasteiger partial charge in [0.25, 0.3) is 0 Å². The number of rotatable bonds is 3. The molecule has 0 fully saturated rings. The number of carbonyl (C=O) groups is 1. The number of nitrogens with one attached hydrogen (secondary N) is 1. The zero-order chi connectivity index (χ0) is 14.7. The Morgan fingerprint density at radius 1 is 1.25 bits per heavy atom. The summed E-state index contributed by atoms with van der Waals surface area (Å²) in [6, 6.07) is 13.2. The highest BCUT2D eigenvalue weighted by atomic mass is 79.9. The number of nitrogens with two attached hydrogens (primary N) is 1. The molecule has 4 heteroatoms. The zero-order valence-corrected chi connectivity index (χ0v) is 13.1. The standard InChI is InChI=1S/C16H17BrN2O/c1-10-8-13(17)6-7-15(10)19-16(20)11(2)12-4-3-5-14(18)9-12/h3-9,11H,18H2,1-2H3,(H,19,20). The maximum atomic E-state index is 12.3. The fourth-order valence-electron chi connectivity index (χ4n) is 1.99. The van der Waals surface area contributed by atoms with Crippen LogP contribution in [-0.2, 0) is 4.79 Å². The van der Waals surface area contributed by atoms with Gasteiger partial charge in [-0.05, 0) is 55.3 Å². The van der Waals surface area contributed by atoms with E-state index in [0.717, 1.165) is 21.3 Å². The molecule has 0 aliphatic rings. The molecule has 0 aliphatic heterocycles. The van der Waals surface area contributed by atoms with Crippen LogP contribution in [0.25, 0.3) is 0 Å². The second kappa shape index (κ2) is 6.09. The zero-order valence-electron chi connectivity index (χ0n) is 11.5. The van der Waals surface area contributed by atoms with Gasteiger partial charge >= 0.3 is 0 Å². The molecule has 104 valence electrons. The highest BCUT2D eigenvalue weighted by Gasteiger charge is 2.16. The number of carbonyl (C=O) groups excluding carboxylic acids is 1. The average Bonchev–Trinajstić information content (AvgIpc) is 2.41. The van der Waals surface area contributed by atoms with Crippen molar-refractivity contribution >= 4 is 33.2 Å². The molecule has 0 radical (unpaired) electrons. The predicted molar refractivity (Wildman–Crippen MR) is 86.8 cm³/mol. The molecule has 3 N–H and O–H groups in total. The van der Waals surface area contributed by atoms with Crippen LogP contribution in [0.15, 0.2) is 46.9 Å². The van der Waals surface area contributed by atoms with Crippen LogP contribution in [0.1, 0.15) is 24.0 Å². The average molecular weight is 333 g/mol. The molecule has 2 aromatic rings. The van der Waals surface area contributed by atoms with Crippen LogP contribution in [0.5, 0.6) is 0 Å². The summed E-state index contributed by atoms with van der Waals surface area (Å²) in [6.07, 6.45) is 0. The number of halogens is 1. The molecule has 0 aromatic heterocycles. The molecule has 0 aliphatic carbocycles. The fourth-order valence-corrected chi connectivity index (χ4v) is 2.46. The topological polar surface area (TPSA) is 55.1 Å². The molecule has 0 heterocycles. The summed E-state index contributed by atoms with van der Waals surface area (Å²) in [4.78, 5) is 12.3. The Morgan fingerprint density at radius 3 is 2.65 bits per heavy atom. The quantitative estimate of drug-likeness (QED) is 0.832. The summed E-state index contributed by atoms with van der Waals surface area (Å²) >= 11 is 3.41. The van der Waals surface area contributed by atoms with Crippen molar-refractivity contribution < 1.29 is 4.79 Å². The Hall–Kier alpha value is -1.81. The molecule has 1 amide bonds. The number of aryl methyl sites for hydroxylation is 1. The van der Waals surface area contributed by atoms with Crippen molar-refractivity contribution in [1.82, 2.24) is 0 Å². The molecule has 1 unspecified atom stereocenters. The number of anilines is 2. The summed E-state index contributed by atoms with van der Waals surface area (Å²) in [7, 11) is 0. The Labute approximate surface area is 127 Å². The van der Waals surface area contributed by atoms with Gasteiger partial charge in [-0.15, -0.1) is 0 Å². The van der Waals surface area contributed by atoms with E-state index in [1.165, 1.54) is 0 Å². The third-order valence-corrected chi connectivity index (χ3v) is 3.74. The number of hydrogen-bond acceptors (Lipinski definition) is 2. The van der Waals surface area contributed by atoms with Crippen LogP contribution in [0, 0.1) is 6.92 Å². The van der Waals surface area contributed by atoms with E-state index in [9.17, 15) is 4.79 Å². The van der Waals surface area contributed by atoms with Gasteiger partial charge in [0.1, 0.15) is 0 Å². The van der Waals surface area contributed by atoms with E-state index in [4.69, 9.17) is 5.73 Å². The minimum atomic E-state index is -0.249. The molecule has 2 rings (SSSR count). The Balaban J connectivity index is 2.15. The van der Waals surface area contributed by atoms with Crippen molar-refractivity contribution in [3.05, 3.63) is 58.1 Å². The first-order chi connectivity index (χ1) is 9.47. The van der Waals surface area contributed by atoms with E-state index in [2.05, 4.69) is 21.2 Å². The molecule has 0 saturated carbocycles. The minimum Gasteiger partial charge on any atom is -0.399 e. The van der Waals surface area contributed by atoms with E-state index in [1.54, 1.807) is 0 Å². The molecule has 1 atom stereocenters. The Morgan fingerprint density at radius 2 is 2.00 bits per heavy atom. The van der Waals surface area contributed by atoms with Crippen molar-refractivity contribution in [2.45, 2.75) is 19.8 Å². The minimum absolute atomic E-state index is 0.0407. The van der Waals surface area contributed by atoms with Gasteiger partial charge in [0.15, 0.2) is 0 Å².